The highest BCUT2D eigenvalue weighted by molar-refractivity contribution is 5.98. The summed E-state index contributed by atoms with van der Waals surface area (Å²) in [5.74, 6) is -2.66. The van der Waals surface area contributed by atoms with E-state index in [1.54, 1.807) is 9.13 Å². The van der Waals surface area contributed by atoms with E-state index in [0.29, 0.717) is 65.5 Å². The van der Waals surface area contributed by atoms with Crippen LogP contribution in [0.15, 0.2) is 34.1 Å². The monoisotopic (exact) mass is 776 g/mol. The van der Waals surface area contributed by atoms with Crippen molar-refractivity contribution in [3.63, 3.8) is 0 Å². The number of carbonyl (C=O) groups is 2. The van der Waals surface area contributed by atoms with Gasteiger partial charge in [-0.2, -0.15) is 0 Å². The Morgan fingerprint density at radius 2 is 1.25 bits per heavy atom. The summed E-state index contributed by atoms with van der Waals surface area (Å²) in [7, 11) is 2.93. The first-order valence-electron chi connectivity index (χ1n) is 19.3. The first-order chi connectivity index (χ1) is 26.9. The molecule has 3 atom stereocenters. The number of aromatic carboxylic acids is 2. The lowest BCUT2D eigenvalue weighted by atomic mass is 9.94. The minimum Gasteiger partial charge on any atom is -0.492 e. The number of anilines is 2. The fourth-order valence-corrected chi connectivity index (χ4v) is 8.81. The third-order valence-corrected chi connectivity index (χ3v) is 11.7. The van der Waals surface area contributed by atoms with Crippen molar-refractivity contribution in [2.45, 2.75) is 69.6 Å². The molecule has 0 spiro atoms. The normalized spacial score (nSPS) is 22.1. The molecule has 1 unspecified atom stereocenters. The number of nitrogens with zero attached hydrogens (tertiary/aromatic N) is 4. The van der Waals surface area contributed by atoms with E-state index >= 15 is 8.78 Å². The number of fused-ring (bicyclic) bond motifs is 3. The van der Waals surface area contributed by atoms with Crippen LogP contribution in [0.1, 0.15) is 78.2 Å². The number of methoxy groups -OCH3 is 2. The molecule has 2 saturated carbocycles. The first-order valence-corrected chi connectivity index (χ1v) is 19.3. The fraction of sp³-hybridized carbons (Fsp3) is 0.500. The predicted molar refractivity (Wildman–Crippen MR) is 206 cm³/mol. The zero-order valence-corrected chi connectivity index (χ0v) is 31.6. The number of ether oxygens (including phenoxy) is 2. The first kappa shape index (κ1) is 37.7. The number of hydrogen-bond acceptors (Lipinski definition) is 10. The van der Waals surface area contributed by atoms with Gasteiger partial charge in [0.15, 0.2) is 23.1 Å². The minimum absolute atomic E-state index is 0.0445. The average molecular weight is 777 g/mol. The second-order valence-corrected chi connectivity index (χ2v) is 15.6. The molecule has 2 aliphatic carbocycles. The van der Waals surface area contributed by atoms with Crippen molar-refractivity contribution in [1.29, 1.82) is 0 Å². The van der Waals surface area contributed by atoms with Crippen LogP contribution < -0.4 is 40.8 Å². The lowest BCUT2D eigenvalue weighted by molar-refractivity contribution is 0.0684. The third kappa shape index (κ3) is 6.61. The summed E-state index contributed by atoms with van der Waals surface area (Å²) in [5, 5.41) is 25.8. The van der Waals surface area contributed by atoms with Gasteiger partial charge < -0.3 is 49.3 Å². The van der Waals surface area contributed by atoms with E-state index in [0.717, 1.165) is 64.2 Å². The largest absolute Gasteiger partial charge is 0.492 e. The lowest BCUT2D eigenvalue weighted by Crippen LogP contribution is -2.49. The number of piperazine rings is 1. The maximum atomic E-state index is 15.3. The van der Waals surface area contributed by atoms with Gasteiger partial charge in [-0.25, -0.2) is 18.4 Å². The Morgan fingerprint density at radius 3 is 1.70 bits per heavy atom. The van der Waals surface area contributed by atoms with Crippen LogP contribution in [0, 0.1) is 17.6 Å². The summed E-state index contributed by atoms with van der Waals surface area (Å²) < 4.78 is 45.3. The van der Waals surface area contributed by atoms with Gasteiger partial charge in [0.1, 0.15) is 22.5 Å². The molecule has 2 aromatic carbocycles. The maximum Gasteiger partial charge on any atom is 0.341 e. The minimum atomic E-state index is -1.31. The molecule has 5 aliphatic rings. The van der Waals surface area contributed by atoms with Crippen LogP contribution >= 0.6 is 0 Å². The van der Waals surface area contributed by atoms with Gasteiger partial charge in [0.05, 0.1) is 36.0 Å². The number of benzene rings is 2. The molecule has 56 heavy (non-hydrogen) atoms. The Labute approximate surface area is 320 Å². The fourth-order valence-electron chi connectivity index (χ4n) is 8.81. The van der Waals surface area contributed by atoms with Crippen molar-refractivity contribution in [3.8, 4) is 11.5 Å². The Bertz CT molecular complexity index is 2360. The van der Waals surface area contributed by atoms with Crippen LogP contribution in [-0.2, 0) is 0 Å². The zero-order chi connectivity index (χ0) is 39.6. The van der Waals surface area contributed by atoms with E-state index in [-0.39, 0.29) is 40.0 Å². The summed E-state index contributed by atoms with van der Waals surface area (Å²) in [4.78, 5) is 52.5. The summed E-state index contributed by atoms with van der Waals surface area (Å²) >= 11 is 0. The van der Waals surface area contributed by atoms with Crippen LogP contribution in [-0.4, -0.2) is 96.9 Å². The number of piperidine rings is 1. The number of aromatic nitrogens is 2. The summed E-state index contributed by atoms with van der Waals surface area (Å²) in [5.41, 5.74) is -0.392. The van der Waals surface area contributed by atoms with Gasteiger partial charge in [0.25, 0.3) is 0 Å². The molecule has 16 heteroatoms. The van der Waals surface area contributed by atoms with Crippen molar-refractivity contribution in [2.75, 3.05) is 63.3 Å². The quantitative estimate of drug-likeness (QED) is 0.200. The summed E-state index contributed by atoms with van der Waals surface area (Å²) in [6.07, 6.45) is 8.55. The van der Waals surface area contributed by atoms with Crippen LogP contribution in [0.3, 0.4) is 0 Å². The third-order valence-electron chi connectivity index (χ3n) is 11.7. The van der Waals surface area contributed by atoms with Crippen LogP contribution in [0.2, 0.25) is 0 Å². The van der Waals surface area contributed by atoms with Crippen molar-refractivity contribution in [2.24, 2.45) is 5.92 Å². The molecule has 9 rings (SSSR count). The Kier molecular flexibility index (Phi) is 9.89. The molecule has 14 nitrogen and oxygen atoms in total. The number of nitrogens with one attached hydrogen (secondary N) is 2. The van der Waals surface area contributed by atoms with Crippen LogP contribution in [0.5, 0.6) is 11.5 Å². The number of hydrogen-bond donors (Lipinski definition) is 4. The molecule has 4 N–H and O–H groups in total. The molecular weight excluding hydrogens is 730 g/mol. The molecule has 298 valence electrons. The van der Waals surface area contributed by atoms with E-state index in [1.807, 2.05) is 16.7 Å². The van der Waals surface area contributed by atoms with Crippen molar-refractivity contribution in [3.05, 3.63) is 67.7 Å². The van der Waals surface area contributed by atoms with E-state index in [9.17, 15) is 29.4 Å². The number of pyridine rings is 2. The van der Waals surface area contributed by atoms with Gasteiger partial charge >= 0.3 is 11.9 Å². The van der Waals surface area contributed by atoms with Gasteiger partial charge in [-0.1, -0.05) is 0 Å². The summed E-state index contributed by atoms with van der Waals surface area (Å²) in [6.45, 7) is 6.36. The number of rotatable bonds is 8. The number of halogens is 2. The predicted octanol–water partition coefficient (Wildman–Crippen LogP) is 4.35. The molecule has 0 bridgehead atoms. The van der Waals surface area contributed by atoms with Crippen molar-refractivity contribution in [1.82, 2.24) is 19.8 Å². The van der Waals surface area contributed by atoms with Crippen LogP contribution in [0.25, 0.3) is 21.8 Å². The van der Waals surface area contributed by atoms with Gasteiger partial charge in [0, 0.05) is 69.3 Å². The molecule has 2 aromatic heterocycles. The van der Waals surface area contributed by atoms with Gasteiger partial charge in [0.2, 0.25) is 10.9 Å². The van der Waals surface area contributed by atoms with Gasteiger partial charge in [-0.15, -0.1) is 0 Å². The molecule has 3 aliphatic heterocycles. The van der Waals surface area contributed by atoms with Crippen LogP contribution in [0.4, 0.5) is 20.2 Å². The van der Waals surface area contributed by atoms with E-state index in [2.05, 4.69) is 10.6 Å². The molecule has 0 amide bonds. The Hall–Kier alpha value is -5.22. The SMILES string of the molecule is COc1c(N2CCNC(C)C2)c(F)cc2c(=O)c(C(=O)O)cn(C3CC3)c12.COc1c(N2C[C@@H]3CCCN[C@@H]3C2)c(F)cc2c(=O)c(C(=O)O)cn(C3CC3)c12. The average Bonchev–Trinajstić information content (AvgIpc) is 4.12. The molecular formula is C40H46F2N6O8. The second-order valence-electron chi connectivity index (χ2n) is 15.6. The molecule has 4 aromatic rings. The molecule has 5 heterocycles. The highest BCUT2D eigenvalue weighted by Gasteiger charge is 2.38. The molecule has 0 radical (unpaired) electrons. The maximum absolute atomic E-state index is 15.3. The molecule has 3 saturated heterocycles. The number of carboxylic acid groups (broad SMARTS) is 2. The topological polar surface area (TPSA) is 168 Å². The zero-order valence-electron chi connectivity index (χ0n) is 31.6. The highest BCUT2D eigenvalue weighted by Crippen LogP contribution is 2.46. The summed E-state index contributed by atoms with van der Waals surface area (Å²) in [6, 6.07) is 3.07. The van der Waals surface area contributed by atoms with Crippen molar-refractivity contribution < 1.29 is 38.1 Å². The number of carboxylic acids is 2. The van der Waals surface area contributed by atoms with E-state index < -0.39 is 34.4 Å². The highest BCUT2D eigenvalue weighted by atomic mass is 19.1. The second kappa shape index (κ2) is 14.7. The Morgan fingerprint density at radius 1 is 0.732 bits per heavy atom. The Balaban J connectivity index is 0.000000158. The van der Waals surface area contributed by atoms with Crippen molar-refractivity contribution >= 4 is 45.1 Å². The van der Waals surface area contributed by atoms with E-state index in [4.69, 9.17) is 9.47 Å². The van der Waals surface area contributed by atoms with Gasteiger partial charge in [-0.3, -0.25) is 9.59 Å². The van der Waals surface area contributed by atoms with Gasteiger partial charge in [-0.05, 0) is 70.0 Å². The lowest BCUT2D eigenvalue weighted by Gasteiger charge is -2.35. The molecule has 5 fully saturated rings. The smallest absolute Gasteiger partial charge is 0.341 e. The standard InChI is InChI=1S/C21H24FN3O4.C19H22FN3O4/c1-29-20-17-13(19(26)14(21(27)28)9-25(17)12-4-5-12)7-15(22)18(20)24-8-11-3-2-6-23-16(11)10-24;1-10-8-22(6-5-21-10)16-14(20)7-12-15(18(16)27-2)23(11-3-4-11)9-13(17(12)24)19(25)26/h7,9,11-12,16,23H,2-6,8,10H2,1H3,(H,27,28);7,9-11,21H,3-6,8H2,1-2H3,(H,25,26)/t11-,16+;/m0./s1. The van der Waals surface area contributed by atoms with E-state index in [1.165, 1.54) is 32.7 Å².